The first-order valence-corrected chi connectivity index (χ1v) is 7.30. The molecule has 6 heteroatoms. The molecule has 2 bridgehead atoms. The Hall–Kier alpha value is -1.14. The molecule has 0 radical (unpaired) electrons. The van der Waals surface area contributed by atoms with E-state index in [0.29, 0.717) is 5.92 Å². The highest BCUT2D eigenvalue weighted by atomic mass is 16.5. The van der Waals surface area contributed by atoms with Crippen molar-refractivity contribution in [2.45, 2.75) is 37.8 Å². The van der Waals surface area contributed by atoms with E-state index in [1.165, 1.54) is 4.90 Å². The topological polar surface area (TPSA) is 70.1 Å². The molecule has 0 aromatic carbocycles. The predicted molar refractivity (Wildman–Crippen MR) is 68.2 cm³/mol. The molecule has 20 heavy (non-hydrogen) atoms. The molecule has 2 amide bonds. The first-order valence-electron chi connectivity index (χ1n) is 7.30. The zero-order valence-corrected chi connectivity index (χ0v) is 11.9. The van der Waals surface area contributed by atoms with Crippen molar-refractivity contribution in [3.63, 3.8) is 0 Å². The van der Waals surface area contributed by atoms with Gasteiger partial charge in [-0.2, -0.15) is 0 Å². The number of amides is 2. The van der Waals surface area contributed by atoms with E-state index in [1.54, 1.807) is 25.9 Å². The van der Waals surface area contributed by atoms with E-state index in [2.05, 4.69) is 0 Å². The number of nitrogens with zero attached hydrogens (tertiary/aromatic N) is 2. The minimum absolute atomic E-state index is 0.00704. The van der Waals surface area contributed by atoms with Crippen molar-refractivity contribution in [1.29, 1.82) is 0 Å². The van der Waals surface area contributed by atoms with Gasteiger partial charge in [-0.25, -0.2) is 0 Å². The van der Waals surface area contributed by atoms with Gasteiger partial charge >= 0.3 is 0 Å². The Labute approximate surface area is 117 Å². The second-order valence-corrected chi connectivity index (χ2v) is 6.80. The van der Waals surface area contributed by atoms with Crippen LogP contribution in [-0.2, 0) is 14.3 Å². The van der Waals surface area contributed by atoms with Gasteiger partial charge in [0.05, 0.1) is 18.1 Å². The van der Waals surface area contributed by atoms with Crippen LogP contribution in [0, 0.1) is 23.7 Å². The third-order valence-electron chi connectivity index (χ3n) is 5.77. The van der Waals surface area contributed by atoms with E-state index in [4.69, 9.17) is 4.74 Å². The van der Waals surface area contributed by atoms with E-state index in [1.807, 2.05) is 0 Å². The van der Waals surface area contributed by atoms with Crippen LogP contribution in [0.25, 0.3) is 0 Å². The fourth-order valence-corrected chi connectivity index (χ4v) is 4.99. The lowest BCUT2D eigenvalue weighted by atomic mass is 9.80. The van der Waals surface area contributed by atoms with Gasteiger partial charge in [0, 0.05) is 20.0 Å². The van der Waals surface area contributed by atoms with Gasteiger partial charge in [-0.15, -0.1) is 0 Å². The van der Waals surface area contributed by atoms with E-state index in [0.717, 1.165) is 6.42 Å². The van der Waals surface area contributed by atoms with Gasteiger partial charge in [0.1, 0.15) is 12.3 Å². The molecule has 6 nitrogen and oxygen atoms in total. The van der Waals surface area contributed by atoms with E-state index < -0.39 is 12.1 Å². The molecule has 110 valence electrons. The number of carbonyl (C=O) groups excluding carboxylic acids is 2. The number of likely N-dealkylation sites (tertiary alicyclic amines) is 1. The number of aliphatic hydroxyl groups excluding tert-OH is 1. The molecule has 0 spiro atoms. The van der Waals surface area contributed by atoms with Gasteiger partial charge in [-0.05, 0) is 25.2 Å². The molecule has 1 N–H and O–H groups in total. The quantitative estimate of drug-likeness (QED) is 0.724. The first kappa shape index (κ1) is 12.6. The van der Waals surface area contributed by atoms with Crippen LogP contribution in [0.1, 0.15) is 13.3 Å². The van der Waals surface area contributed by atoms with Crippen LogP contribution in [0.5, 0.6) is 0 Å². The summed E-state index contributed by atoms with van der Waals surface area (Å²) >= 11 is 0. The predicted octanol–water partition coefficient (Wildman–Crippen LogP) is -0.727. The Morgan fingerprint density at radius 3 is 2.80 bits per heavy atom. The number of hydrogen-bond donors (Lipinski definition) is 1. The van der Waals surface area contributed by atoms with Crippen LogP contribution in [-0.4, -0.2) is 65.3 Å². The second-order valence-electron chi connectivity index (χ2n) is 6.80. The molecule has 4 rings (SSSR count). The fourth-order valence-electron chi connectivity index (χ4n) is 4.99. The fraction of sp³-hybridized carbons (Fsp3) is 0.857. The molecule has 2 saturated heterocycles. The molecule has 0 aromatic heterocycles. The number of fused-ring (bicyclic) bond motifs is 2. The molecule has 2 aliphatic carbocycles. The van der Waals surface area contributed by atoms with Crippen LogP contribution < -0.4 is 0 Å². The third-order valence-corrected chi connectivity index (χ3v) is 5.77. The summed E-state index contributed by atoms with van der Waals surface area (Å²) in [5.41, 5.74) is 0. The summed E-state index contributed by atoms with van der Waals surface area (Å²) < 4.78 is 5.96. The summed E-state index contributed by atoms with van der Waals surface area (Å²) in [6.07, 6.45) is -0.0583. The van der Waals surface area contributed by atoms with Crippen molar-refractivity contribution in [1.82, 2.24) is 9.80 Å². The number of ether oxygens (including phenoxy) is 1. The van der Waals surface area contributed by atoms with Crippen LogP contribution in [0.4, 0.5) is 0 Å². The maximum absolute atomic E-state index is 12.7. The number of carbonyl (C=O) groups is 2. The Morgan fingerprint density at radius 1 is 1.45 bits per heavy atom. The third kappa shape index (κ3) is 1.22. The summed E-state index contributed by atoms with van der Waals surface area (Å²) in [4.78, 5) is 28.0. The summed E-state index contributed by atoms with van der Waals surface area (Å²) in [7, 11) is 3.39. The summed E-state index contributed by atoms with van der Waals surface area (Å²) in [6, 6.07) is -0.497. The van der Waals surface area contributed by atoms with Crippen molar-refractivity contribution < 1.29 is 19.4 Å². The van der Waals surface area contributed by atoms with Crippen LogP contribution >= 0.6 is 0 Å². The molecule has 2 heterocycles. The molecule has 8 atom stereocenters. The average molecular weight is 280 g/mol. The number of rotatable bonds is 2. The molecule has 4 aliphatic rings. The molecule has 2 aliphatic heterocycles. The average Bonchev–Trinajstić information content (AvgIpc) is 3.05. The summed E-state index contributed by atoms with van der Waals surface area (Å²) in [6.45, 7) is 1.76. The first-order chi connectivity index (χ1) is 9.43. The normalized spacial score (nSPS) is 49.1. The van der Waals surface area contributed by atoms with Crippen molar-refractivity contribution in [3.8, 4) is 0 Å². The monoisotopic (exact) mass is 280 g/mol. The highest BCUT2D eigenvalue weighted by Gasteiger charge is 2.73. The Balaban J connectivity index is 1.67. The number of likely N-dealkylation sites (N-methyl/N-ethyl adjacent to an activating group) is 1. The molecule has 2 saturated carbocycles. The van der Waals surface area contributed by atoms with Crippen LogP contribution in [0.15, 0.2) is 0 Å². The zero-order chi connectivity index (χ0) is 14.3. The number of aliphatic hydroxyl groups is 1. The van der Waals surface area contributed by atoms with Gasteiger partial charge < -0.3 is 19.6 Å². The van der Waals surface area contributed by atoms with Crippen LogP contribution in [0.2, 0.25) is 0 Å². The number of hydrogen-bond acceptors (Lipinski definition) is 4. The van der Waals surface area contributed by atoms with Gasteiger partial charge in [-0.3, -0.25) is 9.59 Å². The Kier molecular flexibility index (Phi) is 2.35. The SMILES string of the molecule is CC(C(=O)N(C)C)N1C(=O)C2C3CC4C(OC1C42)C3O. The van der Waals surface area contributed by atoms with E-state index in [9.17, 15) is 14.7 Å². The van der Waals surface area contributed by atoms with Crippen molar-refractivity contribution in [2.75, 3.05) is 14.1 Å². The Bertz CT molecular complexity index is 494. The van der Waals surface area contributed by atoms with Gasteiger partial charge in [-0.1, -0.05) is 0 Å². The van der Waals surface area contributed by atoms with Crippen molar-refractivity contribution >= 4 is 11.8 Å². The maximum atomic E-state index is 12.7. The largest absolute Gasteiger partial charge is 0.390 e. The molecule has 0 aromatic rings. The second kappa shape index (κ2) is 3.74. The highest BCUT2D eigenvalue weighted by Crippen LogP contribution is 2.63. The molecular weight excluding hydrogens is 260 g/mol. The van der Waals surface area contributed by atoms with Gasteiger partial charge in [0.25, 0.3) is 0 Å². The summed E-state index contributed by atoms with van der Waals surface area (Å²) in [5, 5.41) is 10.2. The zero-order valence-electron chi connectivity index (χ0n) is 11.9. The molecule has 8 unspecified atom stereocenters. The highest BCUT2D eigenvalue weighted by molar-refractivity contribution is 5.90. The van der Waals surface area contributed by atoms with E-state index in [-0.39, 0.29) is 41.9 Å². The lowest BCUT2D eigenvalue weighted by Crippen LogP contribution is -2.52. The lowest BCUT2D eigenvalue weighted by Gasteiger charge is -2.34. The van der Waals surface area contributed by atoms with Crippen molar-refractivity contribution in [3.05, 3.63) is 0 Å². The minimum atomic E-state index is -0.503. The minimum Gasteiger partial charge on any atom is -0.390 e. The van der Waals surface area contributed by atoms with Gasteiger partial charge in [0.2, 0.25) is 11.8 Å². The van der Waals surface area contributed by atoms with Crippen molar-refractivity contribution in [2.24, 2.45) is 23.7 Å². The van der Waals surface area contributed by atoms with E-state index >= 15 is 0 Å². The smallest absolute Gasteiger partial charge is 0.244 e. The standard InChI is InChI=1S/C14H20N2O4/c1-5(12(18)15(2)3)16-13(19)8-6-4-7-9(8)14(16)20-11(7)10(6)17/h5-11,14,17H,4H2,1-3H3. The lowest BCUT2D eigenvalue weighted by molar-refractivity contribution is -0.161. The molecule has 4 fully saturated rings. The molecular formula is C14H20N2O4. The van der Waals surface area contributed by atoms with Gasteiger partial charge in [0.15, 0.2) is 0 Å². The van der Waals surface area contributed by atoms with Crippen LogP contribution in [0.3, 0.4) is 0 Å². The maximum Gasteiger partial charge on any atom is 0.244 e. The summed E-state index contributed by atoms with van der Waals surface area (Å²) in [5.74, 6) is 0.265. The Morgan fingerprint density at radius 2 is 2.15 bits per heavy atom.